The van der Waals surface area contributed by atoms with E-state index in [4.69, 9.17) is 10.2 Å². The van der Waals surface area contributed by atoms with E-state index in [1.807, 2.05) is 6.92 Å². The van der Waals surface area contributed by atoms with Crippen molar-refractivity contribution in [3.05, 3.63) is 29.8 Å². The van der Waals surface area contributed by atoms with Gasteiger partial charge in [0.2, 0.25) is 0 Å². The van der Waals surface area contributed by atoms with E-state index in [-0.39, 0.29) is 5.75 Å². The fourth-order valence-corrected chi connectivity index (χ4v) is 1.51. The van der Waals surface area contributed by atoms with Gasteiger partial charge in [0.05, 0.1) is 0 Å². The molecule has 88 valence electrons. The van der Waals surface area contributed by atoms with Crippen LogP contribution in [0.2, 0.25) is 0 Å². The van der Waals surface area contributed by atoms with Crippen molar-refractivity contribution in [2.45, 2.75) is 19.4 Å². The van der Waals surface area contributed by atoms with Gasteiger partial charge in [0.15, 0.2) is 0 Å². The van der Waals surface area contributed by atoms with Crippen LogP contribution >= 0.6 is 0 Å². The van der Waals surface area contributed by atoms with Crippen LogP contribution in [0.25, 0.3) is 0 Å². The second-order valence-electron chi connectivity index (χ2n) is 3.80. The van der Waals surface area contributed by atoms with Gasteiger partial charge in [0.1, 0.15) is 11.8 Å². The van der Waals surface area contributed by atoms with Crippen molar-refractivity contribution in [2.75, 3.05) is 13.6 Å². The lowest BCUT2D eigenvalue weighted by Crippen LogP contribution is -2.39. The smallest absolute Gasteiger partial charge is 0.321 e. The lowest BCUT2D eigenvalue weighted by molar-refractivity contribution is -0.142. The zero-order chi connectivity index (χ0) is 12.1. The molecule has 0 aromatic heterocycles. The topological polar surface area (TPSA) is 60.8 Å². The van der Waals surface area contributed by atoms with Crippen molar-refractivity contribution >= 4 is 5.97 Å². The Balaban J connectivity index is 2.75. The first-order valence-electron chi connectivity index (χ1n) is 5.25. The minimum atomic E-state index is -0.822. The zero-order valence-electron chi connectivity index (χ0n) is 9.55. The minimum Gasteiger partial charge on any atom is -0.508 e. The summed E-state index contributed by atoms with van der Waals surface area (Å²) in [6, 6.07) is 6.11. The SMILES string of the molecule is CCN(C)[C@@H](Cc1ccc(O)cc1)C(=O)O. The van der Waals surface area contributed by atoms with Crippen LogP contribution in [0.1, 0.15) is 12.5 Å². The van der Waals surface area contributed by atoms with Crippen LogP contribution in [0.15, 0.2) is 24.3 Å². The average Bonchev–Trinajstić information content (AvgIpc) is 2.27. The summed E-state index contributed by atoms with van der Waals surface area (Å²) in [6.45, 7) is 2.61. The number of aliphatic carboxylic acids is 1. The number of hydrogen-bond acceptors (Lipinski definition) is 3. The average molecular weight is 223 g/mol. The predicted molar refractivity (Wildman–Crippen MR) is 61.5 cm³/mol. The molecule has 0 aliphatic rings. The Labute approximate surface area is 95.1 Å². The quantitative estimate of drug-likeness (QED) is 0.790. The molecule has 0 fully saturated rings. The number of phenols is 1. The Kier molecular flexibility index (Phi) is 4.31. The van der Waals surface area contributed by atoms with Crippen LogP contribution in [0.4, 0.5) is 0 Å². The number of likely N-dealkylation sites (N-methyl/N-ethyl adjacent to an activating group) is 1. The normalized spacial score (nSPS) is 12.7. The molecule has 0 saturated carbocycles. The molecule has 1 rings (SSSR count). The largest absolute Gasteiger partial charge is 0.508 e. The third kappa shape index (κ3) is 3.24. The highest BCUT2D eigenvalue weighted by Crippen LogP contribution is 2.13. The molecule has 16 heavy (non-hydrogen) atoms. The molecular weight excluding hydrogens is 206 g/mol. The fraction of sp³-hybridized carbons (Fsp3) is 0.417. The Morgan fingerprint density at radius 1 is 1.38 bits per heavy atom. The lowest BCUT2D eigenvalue weighted by Gasteiger charge is -2.22. The second kappa shape index (κ2) is 5.51. The van der Waals surface area contributed by atoms with E-state index in [2.05, 4.69) is 0 Å². The first-order valence-corrected chi connectivity index (χ1v) is 5.25. The van der Waals surface area contributed by atoms with Crippen LogP contribution in [-0.4, -0.2) is 40.7 Å². The van der Waals surface area contributed by atoms with E-state index in [1.54, 1.807) is 36.2 Å². The minimum absolute atomic E-state index is 0.194. The second-order valence-corrected chi connectivity index (χ2v) is 3.80. The van der Waals surface area contributed by atoms with Crippen LogP contribution in [0.3, 0.4) is 0 Å². The molecule has 0 amide bonds. The van der Waals surface area contributed by atoms with Crippen molar-refractivity contribution in [3.8, 4) is 5.75 Å². The van der Waals surface area contributed by atoms with E-state index in [0.717, 1.165) is 5.56 Å². The van der Waals surface area contributed by atoms with Gasteiger partial charge in [-0.1, -0.05) is 19.1 Å². The molecule has 0 unspecified atom stereocenters. The maximum atomic E-state index is 11.1. The molecule has 4 nitrogen and oxygen atoms in total. The van der Waals surface area contributed by atoms with Crippen LogP contribution in [0.5, 0.6) is 5.75 Å². The highest BCUT2D eigenvalue weighted by molar-refractivity contribution is 5.73. The standard InChI is InChI=1S/C12H17NO3/c1-3-13(2)11(12(15)16)8-9-4-6-10(14)7-5-9/h4-7,11,14H,3,8H2,1-2H3,(H,15,16)/t11-/m0/s1. The van der Waals surface area contributed by atoms with Gasteiger partial charge in [0.25, 0.3) is 0 Å². The molecule has 1 atom stereocenters. The molecule has 2 N–H and O–H groups in total. The van der Waals surface area contributed by atoms with Crippen LogP contribution < -0.4 is 0 Å². The summed E-state index contributed by atoms with van der Waals surface area (Å²) < 4.78 is 0. The molecule has 0 spiro atoms. The molecule has 0 aliphatic heterocycles. The Morgan fingerprint density at radius 3 is 2.38 bits per heavy atom. The summed E-state index contributed by atoms with van der Waals surface area (Å²) in [4.78, 5) is 12.9. The highest BCUT2D eigenvalue weighted by Gasteiger charge is 2.21. The number of carbonyl (C=O) groups is 1. The maximum Gasteiger partial charge on any atom is 0.321 e. The van der Waals surface area contributed by atoms with Gasteiger partial charge in [-0.25, -0.2) is 0 Å². The molecule has 0 radical (unpaired) electrons. The van der Waals surface area contributed by atoms with E-state index in [0.29, 0.717) is 13.0 Å². The van der Waals surface area contributed by atoms with Crippen LogP contribution in [-0.2, 0) is 11.2 Å². The molecule has 0 bridgehead atoms. The molecule has 1 aromatic rings. The maximum absolute atomic E-state index is 11.1. The van der Waals surface area contributed by atoms with Gasteiger partial charge in [-0.05, 0) is 37.7 Å². The van der Waals surface area contributed by atoms with Gasteiger partial charge in [-0.3, -0.25) is 9.69 Å². The van der Waals surface area contributed by atoms with Crippen molar-refractivity contribution < 1.29 is 15.0 Å². The van der Waals surface area contributed by atoms with Crippen molar-refractivity contribution in [3.63, 3.8) is 0 Å². The Bertz CT molecular complexity index is 348. The lowest BCUT2D eigenvalue weighted by atomic mass is 10.0. The number of nitrogens with zero attached hydrogens (tertiary/aromatic N) is 1. The van der Waals surface area contributed by atoms with Gasteiger partial charge in [-0.15, -0.1) is 0 Å². The summed E-state index contributed by atoms with van der Waals surface area (Å²) in [6.07, 6.45) is 0.444. The van der Waals surface area contributed by atoms with Gasteiger partial charge in [0, 0.05) is 0 Å². The summed E-state index contributed by atoms with van der Waals surface area (Å²) >= 11 is 0. The number of carboxylic acids is 1. The van der Waals surface area contributed by atoms with E-state index < -0.39 is 12.0 Å². The first kappa shape index (κ1) is 12.5. The third-order valence-electron chi connectivity index (χ3n) is 2.68. The molecule has 4 heteroatoms. The van der Waals surface area contributed by atoms with Crippen LogP contribution in [0, 0.1) is 0 Å². The molecular formula is C12H17NO3. The van der Waals surface area contributed by atoms with Gasteiger partial charge in [-0.2, -0.15) is 0 Å². The summed E-state index contributed by atoms with van der Waals surface area (Å²) in [5, 5.41) is 18.2. The monoisotopic (exact) mass is 223 g/mol. The van der Waals surface area contributed by atoms with Gasteiger partial charge >= 0.3 is 5.97 Å². The van der Waals surface area contributed by atoms with E-state index >= 15 is 0 Å². The van der Waals surface area contributed by atoms with Crippen molar-refractivity contribution in [2.24, 2.45) is 0 Å². The zero-order valence-corrected chi connectivity index (χ0v) is 9.55. The number of rotatable bonds is 5. The molecule has 0 aliphatic carbocycles. The molecule has 0 heterocycles. The highest BCUT2D eigenvalue weighted by atomic mass is 16.4. The molecule has 0 saturated heterocycles. The fourth-order valence-electron chi connectivity index (χ4n) is 1.51. The number of phenolic OH excluding ortho intramolecular Hbond substituents is 1. The van der Waals surface area contributed by atoms with E-state index in [1.165, 1.54) is 0 Å². The van der Waals surface area contributed by atoms with Crippen molar-refractivity contribution in [1.29, 1.82) is 0 Å². The molecule has 1 aromatic carbocycles. The summed E-state index contributed by atoms with van der Waals surface area (Å²) in [5.74, 6) is -0.628. The number of hydrogen-bond donors (Lipinski definition) is 2. The first-order chi connectivity index (χ1) is 7.54. The summed E-state index contributed by atoms with van der Waals surface area (Å²) in [7, 11) is 1.79. The Hall–Kier alpha value is -1.55. The predicted octanol–water partition coefficient (Wildman–Crippen LogP) is 1.34. The number of benzene rings is 1. The third-order valence-corrected chi connectivity index (χ3v) is 2.68. The number of carboxylic acid groups (broad SMARTS) is 1. The Morgan fingerprint density at radius 2 is 1.94 bits per heavy atom. The summed E-state index contributed by atoms with van der Waals surface area (Å²) in [5.41, 5.74) is 0.908. The van der Waals surface area contributed by atoms with Crippen molar-refractivity contribution in [1.82, 2.24) is 4.90 Å². The van der Waals surface area contributed by atoms with Gasteiger partial charge < -0.3 is 10.2 Å². The van der Waals surface area contributed by atoms with E-state index in [9.17, 15) is 4.79 Å². The number of aromatic hydroxyl groups is 1.